The highest BCUT2D eigenvalue weighted by molar-refractivity contribution is 8.03. The van der Waals surface area contributed by atoms with Gasteiger partial charge in [0.15, 0.2) is 0 Å². The normalized spacial score (nSPS) is 13.5. The molecule has 0 aliphatic carbocycles. The number of carbonyl (C=O) groups is 1. The molecule has 5 heteroatoms. The van der Waals surface area contributed by atoms with Crippen molar-refractivity contribution in [2.45, 2.75) is 6.92 Å². The second-order valence-electron chi connectivity index (χ2n) is 2.76. The molecule has 0 aliphatic rings. The van der Waals surface area contributed by atoms with Crippen LogP contribution >= 0.6 is 11.8 Å². The Bertz CT molecular complexity index is 329. The van der Waals surface area contributed by atoms with Crippen molar-refractivity contribution < 1.29 is 9.90 Å². The van der Waals surface area contributed by atoms with E-state index in [1.54, 1.807) is 6.08 Å². The Hall–Kier alpha value is -1.54. The van der Waals surface area contributed by atoms with Crippen LogP contribution in [0.1, 0.15) is 6.92 Å². The van der Waals surface area contributed by atoms with Crippen molar-refractivity contribution in [1.82, 2.24) is 0 Å². The molecule has 0 aliphatic heterocycles. The zero-order chi connectivity index (χ0) is 11.7. The number of hydrogen-bond donors (Lipinski definition) is 1. The summed E-state index contributed by atoms with van der Waals surface area (Å²) in [5.41, 5.74) is 0. The van der Waals surface area contributed by atoms with Crippen LogP contribution in [-0.4, -0.2) is 23.5 Å². The van der Waals surface area contributed by atoms with Gasteiger partial charge in [0, 0.05) is 18.0 Å². The van der Waals surface area contributed by atoms with Gasteiger partial charge in [-0.1, -0.05) is 13.0 Å². The van der Waals surface area contributed by atoms with E-state index in [1.807, 2.05) is 13.0 Å². The fraction of sp³-hybridized carbons (Fsp3) is 0.300. The zero-order valence-corrected chi connectivity index (χ0v) is 9.20. The SMILES string of the molecule is C=N/C=C(\SCC(C)/C=C/C#N)C(=O)O. The number of carboxylic acid groups (broad SMARTS) is 1. The molecule has 0 fully saturated rings. The molecular formula is C10H12N2O2S. The van der Waals surface area contributed by atoms with E-state index < -0.39 is 5.97 Å². The maximum absolute atomic E-state index is 10.7. The summed E-state index contributed by atoms with van der Waals surface area (Å²) >= 11 is 1.18. The van der Waals surface area contributed by atoms with Crippen molar-refractivity contribution in [1.29, 1.82) is 5.26 Å². The first-order valence-corrected chi connectivity index (χ1v) is 5.18. The number of rotatable bonds is 6. The van der Waals surface area contributed by atoms with Crippen LogP contribution < -0.4 is 0 Å². The summed E-state index contributed by atoms with van der Waals surface area (Å²) in [6, 6.07) is 1.88. The monoisotopic (exact) mass is 224 g/mol. The predicted molar refractivity (Wildman–Crippen MR) is 61.6 cm³/mol. The lowest BCUT2D eigenvalue weighted by atomic mass is 10.2. The van der Waals surface area contributed by atoms with Gasteiger partial charge in [-0.15, -0.1) is 11.8 Å². The van der Waals surface area contributed by atoms with Crippen molar-refractivity contribution in [3.8, 4) is 6.07 Å². The second kappa shape index (κ2) is 7.83. The lowest BCUT2D eigenvalue weighted by Crippen LogP contribution is -2.00. The van der Waals surface area contributed by atoms with Gasteiger partial charge >= 0.3 is 5.97 Å². The van der Waals surface area contributed by atoms with Crippen LogP contribution in [0.25, 0.3) is 0 Å². The third kappa shape index (κ3) is 6.52. The van der Waals surface area contributed by atoms with Gasteiger partial charge in [-0.2, -0.15) is 5.26 Å². The fourth-order valence-corrected chi connectivity index (χ4v) is 1.55. The van der Waals surface area contributed by atoms with E-state index in [0.717, 1.165) is 0 Å². The van der Waals surface area contributed by atoms with Crippen LogP contribution in [0.15, 0.2) is 28.2 Å². The molecular weight excluding hydrogens is 212 g/mol. The minimum absolute atomic E-state index is 0.141. The first-order valence-electron chi connectivity index (χ1n) is 4.20. The Balaban J connectivity index is 4.18. The molecule has 80 valence electrons. The van der Waals surface area contributed by atoms with E-state index >= 15 is 0 Å². The number of nitriles is 1. The molecule has 0 amide bonds. The molecule has 0 radical (unpaired) electrons. The molecule has 0 aromatic rings. The van der Waals surface area contributed by atoms with Crippen LogP contribution in [0, 0.1) is 17.2 Å². The summed E-state index contributed by atoms with van der Waals surface area (Å²) < 4.78 is 0. The minimum Gasteiger partial charge on any atom is -0.477 e. The molecule has 0 saturated heterocycles. The molecule has 0 rings (SSSR count). The first-order chi connectivity index (χ1) is 7.11. The Morgan fingerprint density at radius 2 is 2.47 bits per heavy atom. The molecule has 1 N–H and O–H groups in total. The third-order valence-electron chi connectivity index (χ3n) is 1.42. The first kappa shape index (κ1) is 13.5. The van der Waals surface area contributed by atoms with Crippen LogP contribution in [0.3, 0.4) is 0 Å². The molecule has 0 bridgehead atoms. The molecule has 0 aromatic heterocycles. The van der Waals surface area contributed by atoms with Crippen LogP contribution in [0.4, 0.5) is 0 Å². The standard InChI is InChI=1S/C10H12N2O2S/c1-8(4-3-5-11)7-15-9(6-12-2)10(13)14/h3-4,6,8H,2,7H2,1H3,(H,13,14)/b4-3+,9-6-. The van der Waals surface area contributed by atoms with Crippen molar-refractivity contribution in [2.75, 3.05) is 5.75 Å². The number of nitrogens with zero attached hydrogens (tertiary/aromatic N) is 2. The summed E-state index contributed by atoms with van der Waals surface area (Å²) in [5.74, 6) is -0.280. The third-order valence-corrected chi connectivity index (χ3v) is 2.70. The highest BCUT2D eigenvalue weighted by atomic mass is 32.2. The maximum atomic E-state index is 10.7. The molecule has 15 heavy (non-hydrogen) atoms. The summed E-state index contributed by atoms with van der Waals surface area (Å²) in [6.07, 6.45) is 4.34. The molecule has 1 atom stereocenters. The largest absolute Gasteiger partial charge is 0.477 e. The van der Waals surface area contributed by atoms with E-state index in [-0.39, 0.29) is 10.8 Å². The van der Waals surface area contributed by atoms with Gasteiger partial charge in [-0.3, -0.25) is 4.99 Å². The van der Waals surface area contributed by atoms with E-state index in [0.29, 0.717) is 5.75 Å². The van der Waals surface area contributed by atoms with Gasteiger partial charge in [-0.05, 0) is 12.6 Å². The van der Waals surface area contributed by atoms with Crippen molar-refractivity contribution in [3.05, 3.63) is 23.3 Å². The number of allylic oxidation sites excluding steroid dienone is 2. The zero-order valence-electron chi connectivity index (χ0n) is 8.38. The van der Waals surface area contributed by atoms with Gasteiger partial charge in [-0.25, -0.2) is 4.79 Å². The topological polar surface area (TPSA) is 73.5 Å². The van der Waals surface area contributed by atoms with E-state index in [1.165, 1.54) is 24.0 Å². The highest BCUT2D eigenvalue weighted by Gasteiger charge is 2.08. The Kier molecular flexibility index (Phi) is 7.02. The highest BCUT2D eigenvalue weighted by Crippen LogP contribution is 2.19. The Morgan fingerprint density at radius 1 is 1.80 bits per heavy atom. The quantitative estimate of drug-likeness (QED) is 0.426. The Morgan fingerprint density at radius 3 is 2.93 bits per heavy atom. The second-order valence-corrected chi connectivity index (χ2v) is 3.82. The van der Waals surface area contributed by atoms with Gasteiger partial charge in [0.25, 0.3) is 0 Å². The fourth-order valence-electron chi connectivity index (χ4n) is 0.721. The van der Waals surface area contributed by atoms with Gasteiger partial charge in [0.1, 0.15) is 4.91 Å². The molecule has 0 heterocycles. The van der Waals surface area contributed by atoms with E-state index in [9.17, 15) is 4.79 Å². The molecule has 0 aromatic carbocycles. The number of aliphatic carboxylic acids is 1. The summed E-state index contributed by atoms with van der Waals surface area (Å²) in [4.78, 5) is 14.2. The average Bonchev–Trinajstić information content (AvgIpc) is 2.20. The number of carboxylic acids is 1. The minimum atomic E-state index is -1.01. The van der Waals surface area contributed by atoms with E-state index in [4.69, 9.17) is 10.4 Å². The van der Waals surface area contributed by atoms with Crippen LogP contribution in [-0.2, 0) is 4.79 Å². The molecule has 1 unspecified atom stereocenters. The maximum Gasteiger partial charge on any atom is 0.343 e. The van der Waals surface area contributed by atoms with Crippen molar-refractivity contribution in [2.24, 2.45) is 10.9 Å². The van der Waals surface area contributed by atoms with Crippen molar-refractivity contribution in [3.63, 3.8) is 0 Å². The summed E-state index contributed by atoms with van der Waals surface area (Å²) in [6.45, 7) is 5.10. The van der Waals surface area contributed by atoms with Gasteiger partial charge in [0.2, 0.25) is 0 Å². The smallest absolute Gasteiger partial charge is 0.343 e. The summed E-state index contributed by atoms with van der Waals surface area (Å²) in [5, 5.41) is 17.0. The lowest BCUT2D eigenvalue weighted by Gasteiger charge is -2.04. The molecule has 0 spiro atoms. The van der Waals surface area contributed by atoms with Crippen LogP contribution in [0.2, 0.25) is 0 Å². The van der Waals surface area contributed by atoms with Gasteiger partial charge in [0.05, 0.1) is 6.07 Å². The number of hydrogen-bond acceptors (Lipinski definition) is 4. The predicted octanol–water partition coefficient (Wildman–Crippen LogP) is 2.06. The summed E-state index contributed by atoms with van der Waals surface area (Å²) in [7, 11) is 0. The van der Waals surface area contributed by atoms with E-state index in [2.05, 4.69) is 11.7 Å². The van der Waals surface area contributed by atoms with Crippen LogP contribution in [0.5, 0.6) is 0 Å². The van der Waals surface area contributed by atoms with Crippen molar-refractivity contribution >= 4 is 24.4 Å². The lowest BCUT2D eigenvalue weighted by molar-refractivity contribution is -0.131. The molecule has 0 saturated carbocycles. The number of aliphatic imine (C=N–C) groups is 1. The van der Waals surface area contributed by atoms with Gasteiger partial charge < -0.3 is 5.11 Å². The Labute approximate surface area is 93.0 Å². The average molecular weight is 224 g/mol. The molecule has 4 nitrogen and oxygen atoms in total. The number of thioether (sulfide) groups is 1.